The van der Waals surface area contributed by atoms with Crippen LogP contribution in [-0.2, 0) is 19.1 Å². The van der Waals surface area contributed by atoms with Crippen LogP contribution in [0.15, 0.2) is 46.4 Å². The van der Waals surface area contributed by atoms with E-state index in [9.17, 15) is 24.9 Å². The van der Waals surface area contributed by atoms with Gasteiger partial charge in [-0.25, -0.2) is 0 Å². The van der Waals surface area contributed by atoms with E-state index in [0.29, 0.717) is 24.8 Å². The first-order chi connectivity index (χ1) is 16.0. The Balaban J connectivity index is 1.63. The molecule has 0 spiro atoms. The van der Waals surface area contributed by atoms with Crippen LogP contribution in [0.2, 0.25) is 0 Å². The lowest BCUT2D eigenvalue weighted by atomic mass is 9.76. The highest BCUT2D eigenvalue weighted by Gasteiger charge is 2.66. The van der Waals surface area contributed by atoms with Gasteiger partial charge in [0, 0.05) is 24.0 Å². The summed E-state index contributed by atoms with van der Waals surface area (Å²) in [5.74, 6) is -1.52. The molecule has 0 aromatic carbocycles. The molecule has 3 N–H and O–H groups in total. The van der Waals surface area contributed by atoms with Crippen LogP contribution in [-0.4, -0.2) is 67.7 Å². The molecule has 0 bridgehead atoms. The summed E-state index contributed by atoms with van der Waals surface area (Å²) in [6.07, 6.45) is 3.89. The fourth-order valence-corrected chi connectivity index (χ4v) is 6.79. The van der Waals surface area contributed by atoms with Crippen molar-refractivity contribution in [1.29, 1.82) is 0 Å². The third-order valence-corrected chi connectivity index (χ3v) is 8.50. The van der Waals surface area contributed by atoms with Crippen molar-refractivity contribution >= 4 is 11.7 Å². The fourth-order valence-electron chi connectivity index (χ4n) is 6.79. The first-order valence-electron chi connectivity index (χ1n) is 12.1. The second-order valence-corrected chi connectivity index (χ2v) is 10.4. The number of ether oxygens (including phenoxy) is 2. The molecule has 2 aliphatic carbocycles. The van der Waals surface area contributed by atoms with Crippen molar-refractivity contribution in [1.82, 2.24) is 4.90 Å². The summed E-state index contributed by atoms with van der Waals surface area (Å²) in [5.41, 5.74) is -1.16. The van der Waals surface area contributed by atoms with Gasteiger partial charge < -0.3 is 24.8 Å². The molecule has 0 radical (unpaired) electrons. The van der Waals surface area contributed by atoms with Crippen LogP contribution in [0.1, 0.15) is 53.9 Å². The van der Waals surface area contributed by atoms with E-state index in [1.165, 1.54) is 17.1 Å². The zero-order valence-electron chi connectivity index (χ0n) is 20.2. The number of allylic oxidation sites excluding steroid dienone is 2. The Labute approximate surface area is 199 Å². The molecule has 34 heavy (non-hydrogen) atoms. The van der Waals surface area contributed by atoms with E-state index in [0.717, 1.165) is 5.57 Å². The molecule has 3 aliphatic heterocycles. The number of nitrogens with zero attached hydrogens (tertiary/aromatic N) is 1. The topological polar surface area (TPSA) is 117 Å². The van der Waals surface area contributed by atoms with E-state index in [4.69, 9.17) is 9.47 Å². The Morgan fingerprint density at radius 3 is 2.56 bits per heavy atom. The van der Waals surface area contributed by atoms with Crippen LogP contribution in [0.3, 0.4) is 0 Å². The first-order valence-corrected chi connectivity index (χ1v) is 12.1. The zero-order valence-corrected chi connectivity index (χ0v) is 20.2. The molecule has 184 valence electrons. The molecular weight excluding hydrogens is 438 g/mol. The molecule has 5 rings (SSSR count). The molecular formula is C26H33NO7. The average molecular weight is 472 g/mol. The second-order valence-electron chi connectivity index (χ2n) is 10.4. The van der Waals surface area contributed by atoms with Gasteiger partial charge in [0.05, 0.1) is 29.6 Å². The molecule has 8 heteroatoms. The minimum absolute atomic E-state index is 0.0454. The first kappa shape index (κ1) is 23.5. The smallest absolute Gasteiger partial charge is 0.258 e. The zero-order chi connectivity index (χ0) is 24.7. The minimum Gasteiger partial charge on any atom is -0.509 e. The molecule has 3 heterocycles. The Bertz CT molecular complexity index is 1090. The van der Waals surface area contributed by atoms with Crippen molar-refractivity contribution in [2.75, 3.05) is 0 Å². The number of carbonyl (C=O) groups excluding carboxylic acids is 2. The fraction of sp³-hybridized carbons (Fsp3) is 0.615. The van der Waals surface area contributed by atoms with Crippen LogP contribution >= 0.6 is 0 Å². The van der Waals surface area contributed by atoms with Gasteiger partial charge in [-0.2, -0.15) is 0 Å². The number of aliphatic hydroxyl groups is 3. The third kappa shape index (κ3) is 2.86. The Kier molecular flexibility index (Phi) is 5.26. The number of hydrogen-bond acceptors (Lipinski definition) is 7. The normalized spacial score (nSPS) is 43.9. The maximum atomic E-state index is 13.4. The van der Waals surface area contributed by atoms with Crippen molar-refractivity contribution in [3.05, 3.63) is 46.4 Å². The summed E-state index contributed by atoms with van der Waals surface area (Å²) in [6.45, 7) is 9.09. The number of carbonyl (C=O) groups is 2. The van der Waals surface area contributed by atoms with Crippen LogP contribution in [0, 0.1) is 11.8 Å². The molecule has 5 aliphatic rings. The van der Waals surface area contributed by atoms with Crippen LogP contribution in [0.5, 0.6) is 0 Å². The predicted octanol–water partition coefficient (Wildman–Crippen LogP) is 2.43. The molecule has 0 aromatic heterocycles. The van der Waals surface area contributed by atoms with Crippen molar-refractivity contribution in [3.63, 3.8) is 0 Å². The van der Waals surface area contributed by atoms with E-state index in [2.05, 4.69) is 0 Å². The van der Waals surface area contributed by atoms with Gasteiger partial charge in [0.25, 0.3) is 5.91 Å². The highest BCUT2D eigenvalue weighted by Crippen LogP contribution is 2.59. The lowest BCUT2D eigenvalue weighted by Gasteiger charge is -2.43. The van der Waals surface area contributed by atoms with Crippen molar-refractivity contribution in [2.45, 2.75) is 89.6 Å². The van der Waals surface area contributed by atoms with Crippen molar-refractivity contribution in [2.24, 2.45) is 11.8 Å². The lowest BCUT2D eigenvalue weighted by Crippen LogP contribution is -2.53. The summed E-state index contributed by atoms with van der Waals surface area (Å²) in [7, 11) is 0. The van der Waals surface area contributed by atoms with Crippen LogP contribution in [0.25, 0.3) is 0 Å². The number of ketones is 1. The maximum absolute atomic E-state index is 13.4. The Morgan fingerprint density at radius 2 is 1.91 bits per heavy atom. The lowest BCUT2D eigenvalue weighted by molar-refractivity contribution is -0.233. The SMILES string of the molecule is CC[C@@]12C=C(C)[C@@H]3[C@@H](C)[C@H](OC4CCC(O)C(C)O4)C4=CC(=O)C=C(N1C(=O)C(C)=C2O)[C@@]43O. The van der Waals surface area contributed by atoms with Crippen LogP contribution < -0.4 is 0 Å². The van der Waals surface area contributed by atoms with Gasteiger partial charge in [0.1, 0.15) is 16.9 Å². The van der Waals surface area contributed by atoms with E-state index in [-0.39, 0.29) is 34.8 Å². The number of hydrogen-bond donors (Lipinski definition) is 3. The second kappa shape index (κ2) is 7.62. The summed E-state index contributed by atoms with van der Waals surface area (Å²) in [5, 5.41) is 33.4. The average Bonchev–Trinajstić information content (AvgIpc) is 3.06. The molecule has 8 nitrogen and oxygen atoms in total. The summed E-state index contributed by atoms with van der Waals surface area (Å²) in [4.78, 5) is 27.7. The molecule has 2 fully saturated rings. The summed E-state index contributed by atoms with van der Waals surface area (Å²) >= 11 is 0. The predicted molar refractivity (Wildman–Crippen MR) is 122 cm³/mol. The number of fused-ring (bicyclic) bond motifs is 2. The molecule has 8 atom stereocenters. The number of rotatable bonds is 3. The van der Waals surface area contributed by atoms with Crippen molar-refractivity contribution in [3.8, 4) is 0 Å². The molecule has 0 aromatic rings. The van der Waals surface area contributed by atoms with Gasteiger partial charge in [-0.1, -0.05) is 25.5 Å². The van der Waals surface area contributed by atoms with E-state index in [1.807, 2.05) is 26.8 Å². The third-order valence-electron chi connectivity index (χ3n) is 8.50. The summed E-state index contributed by atoms with van der Waals surface area (Å²) < 4.78 is 12.2. The standard InChI is InChI=1S/C26H33NO7/c1-6-25-11-12(2)21-13(3)22(34-20-8-7-18(29)15(5)33-20)17-9-16(28)10-19(26(17,21)32)27(25)24(31)14(4)23(25)30/h9-11,13,15,18,20-22,29-30,32H,6-8H2,1-5H3/t13-,15?,18?,20?,21-,22+,25+,26+/m1/s1. The molecule has 1 saturated carbocycles. The summed E-state index contributed by atoms with van der Waals surface area (Å²) in [6, 6.07) is 0. The van der Waals surface area contributed by atoms with E-state index >= 15 is 0 Å². The molecule has 1 saturated heterocycles. The number of aliphatic hydroxyl groups excluding tert-OH is 2. The van der Waals surface area contributed by atoms with Crippen molar-refractivity contribution < 1.29 is 34.4 Å². The van der Waals surface area contributed by atoms with Gasteiger partial charge >= 0.3 is 0 Å². The molecule has 1 amide bonds. The molecule has 3 unspecified atom stereocenters. The van der Waals surface area contributed by atoms with Gasteiger partial charge in [0.15, 0.2) is 12.1 Å². The Hall–Kier alpha value is -2.26. The highest BCUT2D eigenvalue weighted by molar-refractivity contribution is 6.05. The van der Waals surface area contributed by atoms with Gasteiger partial charge in [-0.05, 0) is 45.6 Å². The highest BCUT2D eigenvalue weighted by atomic mass is 16.7. The Morgan fingerprint density at radius 1 is 1.21 bits per heavy atom. The van der Waals surface area contributed by atoms with Gasteiger partial charge in [-0.15, -0.1) is 0 Å². The minimum atomic E-state index is -1.64. The van der Waals surface area contributed by atoms with E-state index in [1.54, 1.807) is 13.8 Å². The largest absolute Gasteiger partial charge is 0.509 e. The quantitative estimate of drug-likeness (QED) is 0.541. The maximum Gasteiger partial charge on any atom is 0.258 e. The van der Waals surface area contributed by atoms with Gasteiger partial charge in [-0.3, -0.25) is 14.5 Å². The van der Waals surface area contributed by atoms with Crippen LogP contribution in [0.4, 0.5) is 0 Å². The van der Waals surface area contributed by atoms with E-state index < -0.39 is 41.5 Å². The van der Waals surface area contributed by atoms with Gasteiger partial charge in [0.2, 0.25) is 0 Å². The number of amides is 1. The monoisotopic (exact) mass is 471 g/mol.